The first kappa shape index (κ1) is 12.3. The third-order valence-corrected chi connectivity index (χ3v) is 4.66. The van der Waals surface area contributed by atoms with Crippen molar-refractivity contribution in [2.45, 2.75) is 44.6 Å². The van der Waals surface area contributed by atoms with E-state index in [0.29, 0.717) is 0 Å². The van der Waals surface area contributed by atoms with Crippen LogP contribution in [0.3, 0.4) is 0 Å². The number of aliphatic hydroxyl groups excluding tert-OH is 1. The summed E-state index contributed by atoms with van der Waals surface area (Å²) in [4.78, 5) is 1.26. The van der Waals surface area contributed by atoms with E-state index in [9.17, 15) is 5.11 Å². The first-order valence-electron chi connectivity index (χ1n) is 5.83. The number of hydrogen-bond donors (Lipinski definition) is 1. The smallest absolute Gasteiger partial charge is 0.0625 e. The number of allylic oxidation sites excluding steroid dienone is 1. The van der Waals surface area contributed by atoms with Gasteiger partial charge < -0.3 is 5.11 Å². The lowest BCUT2D eigenvalue weighted by atomic mass is 9.94. The fraction of sp³-hybridized carbons (Fsp3) is 0.538. The second-order valence-electron chi connectivity index (χ2n) is 4.40. The van der Waals surface area contributed by atoms with Crippen molar-refractivity contribution in [3.05, 3.63) is 32.4 Å². The summed E-state index contributed by atoms with van der Waals surface area (Å²) >= 11 is 5.15. The van der Waals surface area contributed by atoms with E-state index in [1.807, 2.05) is 0 Å². The minimum atomic E-state index is -0.213. The minimum absolute atomic E-state index is 0.213. The van der Waals surface area contributed by atoms with E-state index in [0.717, 1.165) is 17.3 Å². The molecule has 1 unspecified atom stereocenters. The number of aliphatic hydroxyl groups is 1. The molecule has 1 atom stereocenters. The van der Waals surface area contributed by atoms with Gasteiger partial charge in [0.05, 0.1) is 6.10 Å². The molecule has 1 aliphatic rings. The van der Waals surface area contributed by atoms with Crippen molar-refractivity contribution in [2.75, 3.05) is 0 Å². The zero-order valence-corrected chi connectivity index (χ0v) is 11.7. The maximum absolute atomic E-state index is 10.0. The second-order valence-corrected chi connectivity index (χ2v) is 6.31. The minimum Gasteiger partial charge on any atom is -0.392 e. The van der Waals surface area contributed by atoms with Crippen LogP contribution in [0, 0.1) is 0 Å². The van der Waals surface area contributed by atoms with Crippen molar-refractivity contribution < 1.29 is 5.11 Å². The summed E-state index contributed by atoms with van der Waals surface area (Å²) in [6, 6.07) is 2.10. The molecule has 0 saturated heterocycles. The van der Waals surface area contributed by atoms with Gasteiger partial charge in [-0.3, -0.25) is 0 Å². The van der Waals surface area contributed by atoms with Crippen LogP contribution in [0.25, 0.3) is 0 Å². The number of thiophene rings is 1. The lowest BCUT2D eigenvalue weighted by Gasteiger charge is -2.16. The maximum atomic E-state index is 10.0. The van der Waals surface area contributed by atoms with Crippen LogP contribution in [0.5, 0.6) is 0 Å². The van der Waals surface area contributed by atoms with E-state index in [4.69, 9.17) is 0 Å². The standard InChI is InChI=1S/C13H17BrOS/c14-11-7-13(16-9-11)8-12(15)6-10-4-2-1-3-5-10/h4,7,9,12,15H,1-3,5-6,8H2. The highest BCUT2D eigenvalue weighted by Crippen LogP contribution is 2.25. The molecule has 88 valence electrons. The van der Waals surface area contributed by atoms with E-state index >= 15 is 0 Å². The van der Waals surface area contributed by atoms with E-state index < -0.39 is 0 Å². The van der Waals surface area contributed by atoms with Crippen LogP contribution in [-0.4, -0.2) is 11.2 Å². The Morgan fingerprint density at radius 1 is 1.38 bits per heavy atom. The first-order valence-corrected chi connectivity index (χ1v) is 7.50. The van der Waals surface area contributed by atoms with Gasteiger partial charge >= 0.3 is 0 Å². The van der Waals surface area contributed by atoms with Crippen molar-refractivity contribution in [3.8, 4) is 0 Å². The Labute approximate surface area is 109 Å². The molecule has 0 amide bonds. The molecule has 0 aliphatic heterocycles. The van der Waals surface area contributed by atoms with Gasteiger partial charge in [0, 0.05) is 21.2 Å². The number of halogens is 1. The van der Waals surface area contributed by atoms with Crippen molar-refractivity contribution >= 4 is 27.3 Å². The number of rotatable bonds is 4. The molecule has 0 bridgehead atoms. The van der Waals surface area contributed by atoms with Gasteiger partial charge in [-0.15, -0.1) is 11.3 Å². The summed E-state index contributed by atoms with van der Waals surface area (Å²) in [6.45, 7) is 0. The Hall–Kier alpha value is -0.120. The van der Waals surface area contributed by atoms with Crippen molar-refractivity contribution in [1.82, 2.24) is 0 Å². The highest BCUT2D eigenvalue weighted by atomic mass is 79.9. The van der Waals surface area contributed by atoms with Crippen molar-refractivity contribution in [3.63, 3.8) is 0 Å². The SMILES string of the molecule is OC(CC1=CCCCC1)Cc1cc(Br)cs1. The molecule has 1 aromatic heterocycles. The maximum Gasteiger partial charge on any atom is 0.0625 e. The fourth-order valence-electron chi connectivity index (χ4n) is 2.16. The Kier molecular flexibility index (Phi) is 4.62. The van der Waals surface area contributed by atoms with Crippen LogP contribution in [0.15, 0.2) is 27.6 Å². The topological polar surface area (TPSA) is 20.2 Å². The first-order chi connectivity index (χ1) is 7.74. The van der Waals surface area contributed by atoms with Gasteiger partial charge in [0.25, 0.3) is 0 Å². The zero-order chi connectivity index (χ0) is 11.4. The van der Waals surface area contributed by atoms with Crippen LogP contribution in [0.1, 0.15) is 37.0 Å². The summed E-state index contributed by atoms with van der Waals surface area (Å²) in [7, 11) is 0. The van der Waals surface area contributed by atoms with Crippen LogP contribution < -0.4 is 0 Å². The van der Waals surface area contributed by atoms with Gasteiger partial charge in [-0.25, -0.2) is 0 Å². The third kappa shape index (κ3) is 3.72. The van der Waals surface area contributed by atoms with Crippen LogP contribution in [0.2, 0.25) is 0 Å². The summed E-state index contributed by atoms with van der Waals surface area (Å²) in [6.07, 6.45) is 8.74. The average molecular weight is 301 g/mol. The molecule has 1 aliphatic carbocycles. The predicted molar refractivity (Wildman–Crippen MR) is 72.9 cm³/mol. The molecule has 1 N–H and O–H groups in total. The summed E-state index contributed by atoms with van der Waals surface area (Å²) in [5.74, 6) is 0. The van der Waals surface area contributed by atoms with E-state index in [-0.39, 0.29) is 6.10 Å². The largest absolute Gasteiger partial charge is 0.392 e. The monoisotopic (exact) mass is 300 g/mol. The Bertz CT molecular complexity index is 370. The highest BCUT2D eigenvalue weighted by molar-refractivity contribution is 9.10. The van der Waals surface area contributed by atoms with Crippen molar-refractivity contribution in [2.24, 2.45) is 0 Å². The molecule has 0 aromatic carbocycles. The summed E-state index contributed by atoms with van der Waals surface area (Å²) in [5.41, 5.74) is 1.45. The molecule has 2 rings (SSSR count). The number of hydrogen-bond acceptors (Lipinski definition) is 2. The Balaban J connectivity index is 1.83. The van der Waals surface area contributed by atoms with Gasteiger partial charge in [0.2, 0.25) is 0 Å². The molecule has 0 fully saturated rings. The molecule has 1 heterocycles. The molecule has 0 radical (unpaired) electrons. The molecular weight excluding hydrogens is 284 g/mol. The zero-order valence-electron chi connectivity index (χ0n) is 9.29. The summed E-state index contributed by atoms with van der Waals surface area (Å²) in [5, 5.41) is 12.1. The fourth-order valence-corrected chi connectivity index (χ4v) is 3.68. The van der Waals surface area contributed by atoms with E-state index in [1.165, 1.54) is 36.1 Å². The van der Waals surface area contributed by atoms with Gasteiger partial charge in [-0.1, -0.05) is 11.6 Å². The lowest BCUT2D eigenvalue weighted by molar-refractivity contribution is 0.174. The van der Waals surface area contributed by atoms with Crippen LogP contribution >= 0.6 is 27.3 Å². The van der Waals surface area contributed by atoms with E-state index in [2.05, 4.69) is 33.5 Å². The quantitative estimate of drug-likeness (QED) is 0.822. The predicted octanol–water partition coefficient (Wildman–Crippen LogP) is 4.30. The average Bonchev–Trinajstić information content (AvgIpc) is 2.65. The molecule has 1 aromatic rings. The van der Waals surface area contributed by atoms with Crippen LogP contribution in [-0.2, 0) is 6.42 Å². The normalized spacial score (nSPS) is 18.2. The third-order valence-electron chi connectivity index (χ3n) is 2.94. The molecule has 0 saturated carbocycles. The molecule has 3 heteroatoms. The molecule has 0 spiro atoms. The van der Waals surface area contributed by atoms with Crippen LogP contribution in [0.4, 0.5) is 0 Å². The van der Waals surface area contributed by atoms with Gasteiger partial charge in [0.15, 0.2) is 0 Å². The van der Waals surface area contributed by atoms with Crippen molar-refractivity contribution in [1.29, 1.82) is 0 Å². The second kappa shape index (κ2) is 5.99. The summed E-state index contributed by atoms with van der Waals surface area (Å²) < 4.78 is 1.12. The molecular formula is C13H17BrOS. The lowest BCUT2D eigenvalue weighted by Crippen LogP contribution is -2.11. The molecule has 1 nitrogen and oxygen atoms in total. The van der Waals surface area contributed by atoms with Gasteiger partial charge in [-0.05, 0) is 54.1 Å². The highest BCUT2D eigenvalue weighted by Gasteiger charge is 2.11. The molecule has 16 heavy (non-hydrogen) atoms. The Morgan fingerprint density at radius 3 is 2.88 bits per heavy atom. The Morgan fingerprint density at radius 2 is 2.25 bits per heavy atom. The van der Waals surface area contributed by atoms with Gasteiger partial charge in [-0.2, -0.15) is 0 Å². The van der Waals surface area contributed by atoms with Gasteiger partial charge in [0.1, 0.15) is 0 Å². The van der Waals surface area contributed by atoms with E-state index in [1.54, 1.807) is 11.3 Å².